The lowest BCUT2D eigenvalue weighted by Gasteiger charge is -2.06. The number of aryl methyl sites for hydroxylation is 1. The van der Waals surface area contributed by atoms with Gasteiger partial charge in [-0.15, -0.1) is 11.3 Å². The summed E-state index contributed by atoms with van der Waals surface area (Å²) < 4.78 is 6.02. The van der Waals surface area contributed by atoms with E-state index in [-0.39, 0.29) is 11.9 Å². The van der Waals surface area contributed by atoms with Crippen LogP contribution in [0.1, 0.15) is 30.2 Å². The van der Waals surface area contributed by atoms with Crippen LogP contribution in [0, 0.1) is 6.92 Å². The van der Waals surface area contributed by atoms with E-state index in [4.69, 9.17) is 4.52 Å². The average molecular weight is 342 g/mol. The molecule has 7 heteroatoms. The zero-order chi connectivity index (χ0) is 13.8. The van der Waals surface area contributed by atoms with Crippen molar-refractivity contribution < 1.29 is 9.32 Å². The van der Waals surface area contributed by atoms with Crippen molar-refractivity contribution in [3.05, 3.63) is 38.6 Å². The average Bonchev–Trinajstić information content (AvgIpc) is 2.95. The summed E-state index contributed by atoms with van der Waals surface area (Å²) in [6, 6.07) is 1.63. The van der Waals surface area contributed by atoms with Crippen LogP contribution >= 0.6 is 27.3 Å². The summed E-state index contributed by atoms with van der Waals surface area (Å²) in [4.78, 5) is 15.8. The largest absolute Gasteiger partial charge is 0.341 e. The Labute approximate surface area is 122 Å². The summed E-state index contributed by atoms with van der Waals surface area (Å²) in [5.74, 6) is 0.748. The van der Waals surface area contributed by atoms with E-state index < -0.39 is 0 Å². The Bertz CT molecular complexity index is 606. The van der Waals surface area contributed by atoms with Crippen LogP contribution in [0.15, 0.2) is 25.8 Å². The fraction of sp³-hybridized carbons (Fsp3) is 0.250. The zero-order valence-electron chi connectivity index (χ0n) is 10.4. The van der Waals surface area contributed by atoms with E-state index in [1.54, 1.807) is 31.3 Å². The van der Waals surface area contributed by atoms with Crippen molar-refractivity contribution in [1.29, 1.82) is 0 Å². The molecule has 0 aliphatic heterocycles. The van der Waals surface area contributed by atoms with Gasteiger partial charge in [-0.05, 0) is 52.9 Å². The van der Waals surface area contributed by atoms with Crippen molar-refractivity contribution in [2.75, 3.05) is 0 Å². The number of amides is 1. The Morgan fingerprint density at radius 2 is 2.42 bits per heavy atom. The Morgan fingerprint density at radius 1 is 1.63 bits per heavy atom. The molecule has 0 saturated carbocycles. The highest BCUT2D eigenvalue weighted by molar-refractivity contribution is 9.11. The van der Waals surface area contributed by atoms with Crippen LogP contribution in [0.25, 0.3) is 6.08 Å². The van der Waals surface area contributed by atoms with Gasteiger partial charge in [-0.1, -0.05) is 5.16 Å². The van der Waals surface area contributed by atoms with Gasteiger partial charge in [0.2, 0.25) is 11.8 Å². The van der Waals surface area contributed by atoms with Gasteiger partial charge < -0.3 is 9.84 Å². The highest BCUT2D eigenvalue weighted by atomic mass is 79.9. The molecule has 0 radical (unpaired) electrons. The lowest BCUT2D eigenvalue weighted by atomic mass is 10.3. The number of thiophene rings is 1. The number of aromatic nitrogens is 2. The molecule has 100 valence electrons. The Hall–Kier alpha value is -1.47. The molecule has 2 aromatic rings. The van der Waals surface area contributed by atoms with E-state index in [0.717, 1.165) is 9.35 Å². The summed E-state index contributed by atoms with van der Waals surface area (Å²) in [7, 11) is 0. The van der Waals surface area contributed by atoms with Crippen molar-refractivity contribution >= 4 is 39.2 Å². The summed E-state index contributed by atoms with van der Waals surface area (Å²) in [5.41, 5.74) is 0.980. The first-order valence-electron chi connectivity index (χ1n) is 5.57. The number of halogens is 1. The van der Waals surface area contributed by atoms with Gasteiger partial charge >= 0.3 is 0 Å². The maximum Gasteiger partial charge on any atom is 0.248 e. The first-order chi connectivity index (χ1) is 9.04. The summed E-state index contributed by atoms with van der Waals surface area (Å²) in [6.45, 7) is 3.52. The van der Waals surface area contributed by atoms with E-state index >= 15 is 0 Å². The van der Waals surface area contributed by atoms with E-state index in [0.29, 0.717) is 11.7 Å². The summed E-state index contributed by atoms with van der Waals surface area (Å²) in [5, 5.41) is 8.40. The van der Waals surface area contributed by atoms with Gasteiger partial charge in [0, 0.05) is 6.08 Å². The van der Waals surface area contributed by atoms with Crippen LogP contribution in [-0.2, 0) is 4.79 Å². The Balaban J connectivity index is 1.92. The van der Waals surface area contributed by atoms with Gasteiger partial charge in [-0.25, -0.2) is 0 Å². The molecule has 0 aliphatic rings. The Morgan fingerprint density at radius 3 is 3.00 bits per heavy atom. The molecule has 0 bridgehead atoms. The number of carbonyl (C=O) groups excluding carboxylic acids is 1. The quantitative estimate of drug-likeness (QED) is 0.867. The molecule has 0 unspecified atom stereocenters. The zero-order valence-corrected chi connectivity index (χ0v) is 12.8. The fourth-order valence-electron chi connectivity index (χ4n) is 1.39. The predicted molar refractivity (Wildman–Crippen MR) is 76.6 cm³/mol. The standard InChI is InChI=1S/C12H12BrN3O2S/c1-7(12-15-8(2)16-18-12)14-11(17)4-3-9-5-10(13)19-6-9/h3-7H,1-2H3,(H,14,17)/b4-3-/t7-/m0/s1. The van der Waals surface area contributed by atoms with Crippen molar-refractivity contribution in [2.24, 2.45) is 0 Å². The van der Waals surface area contributed by atoms with Gasteiger partial charge in [0.1, 0.15) is 6.04 Å². The molecule has 1 N–H and O–H groups in total. The second-order valence-corrected chi connectivity index (χ2v) is 6.22. The van der Waals surface area contributed by atoms with Gasteiger partial charge in [-0.2, -0.15) is 4.98 Å². The van der Waals surface area contributed by atoms with Crippen molar-refractivity contribution in [2.45, 2.75) is 19.9 Å². The molecule has 0 aliphatic carbocycles. The molecule has 5 nitrogen and oxygen atoms in total. The smallest absolute Gasteiger partial charge is 0.248 e. The van der Waals surface area contributed by atoms with Gasteiger partial charge in [0.15, 0.2) is 5.82 Å². The minimum absolute atomic E-state index is 0.203. The highest BCUT2D eigenvalue weighted by Gasteiger charge is 2.13. The monoisotopic (exact) mass is 341 g/mol. The Kier molecular flexibility index (Phi) is 4.49. The number of nitrogens with zero attached hydrogens (tertiary/aromatic N) is 2. The first-order valence-corrected chi connectivity index (χ1v) is 7.24. The van der Waals surface area contributed by atoms with Crippen LogP contribution < -0.4 is 5.32 Å². The normalized spacial score (nSPS) is 12.8. The topological polar surface area (TPSA) is 68.0 Å². The third kappa shape index (κ3) is 4.00. The molecular formula is C12H12BrN3O2S. The number of hydrogen-bond donors (Lipinski definition) is 1. The molecule has 2 aromatic heterocycles. The van der Waals surface area contributed by atoms with Crippen LogP contribution in [0.3, 0.4) is 0 Å². The van der Waals surface area contributed by atoms with Crippen LogP contribution in [0.2, 0.25) is 0 Å². The maximum absolute atomic E-state index is 11.7. The second kappa shape index (κ2) is 6.12. The maximum atomic E-state index is 11.7. The van der Waals surface area contributed by atoms with Gasteiger partial charge in [-0.3, -0.25) is 4.79 Å². The number of rotatable bonds is 4. The minimum atomic E-state index is -0.312. The molecule has 0 fully saturated rings. The van der Waals surface area contributed by atoms with E-state index in [9.17, 15) is 4.79 Å². The van der Waals surface area contributed by atoms with Crippen molar-refractivity contribution in [1.82, 2.24) is 15.5 Å². The summed E-state index contributed by atoms with van der Waals surface area (Å²) in [6.07, 6.45) is 3.23. The molecule has 0 aromatic carbocycles. The van der Waals surface area contributed by atoms with Gasteiger partial charge in [0.25, 0.3) is 0 Å². The molecule has 1 atom stereocenters. The van der Waals surface area contributed by atoms with Crippen LogP contribution in [0.4, 0.5) is 0 Å². The minimum Gasteiger partial charge on any atom is -0.341 e. The van der Waals surface area contributed by atoms with Gasteiger partial charge in [0.05, 0.1) is 3.79 Å². The molecule has 1 amide bonds. The lowest BCUT2D eigenvalue weighted by molar-refractivity contribution is -0.117. The van der Waals surface area contributed by atoms with Crippen LogP contribution in [0.5, 0.6) is 0 Å². The molecule has 2 heterocycles. The van der Waals surface area contributed by atoms with E-state index in [1.807, 2.05) is 11.4 Å². The highest BCUT2D eigenvalue weighted by Crippen LogP contribution is 2.21. The van der Waals surface area contributed by atoms with E-state index in [1.165, 1.54) is 6.08 Å². The molecule has 2 rings (SSSR count). The first kappa shape index (κ1) is 14.0. The third-order valence-electron chi connectivity index (χ3n) is 2.29. The number of nitrogens with one attached hydrogen (secondary N) is 1. The van der Waals surface area contributed by atoms with Crippen LogP contribution in [-0.4, -0.2) is 16.0 Å². The lowest BCUT2D eigenvalue weighted by Crippen LogP contribution is -2.24. The molecular weight excluding hydrogens is 330 g/mol. The van der Waals surface area contributed by atoms with E-state index in [2.05, 4.69) is 31.4 Å². The number of carbonyl (C=O) groups is 1. The molecule has 0 saturated heterocycles. The molecule has 19 heavy (non-hydrogen) atoms. The number of hydrogen-bond acceptors (Lipinski definition) is 5. The van der Waals surface area contributed by atoms with Crippen molar-refractivity contribution in [3.63, 3.8) is 0 Å². The summed E-state index contributed by atoms with van der Waals surface area (Å²) >= 11 is 4.94. The third-order valence-corrected chi connectivity index (χ3v) is 3.81. The second-order valence-electron chi connectivity index (χ2n) is 3.93. The SMILES string of the molecule is Cc1noc([C@H](C)NC(=O)/C=C\c2csc(Br)c2)n1. The molecule has 0 spiro atoms. The predicted octanol–water partition coefficient (Wildman–Crippen LogP) is 3.09. The van der Waals surface area contributed by atoms with Crippen molar-refractivity contribution in [3.8, 4) is 0 Å². The fourth-order valence-corrected chi connectivity index (χ4v) is 2.54.